The Kier molecular flexibility index (Phi) is 3.94. The van der Waals surface area contributed by atoms with E-state index >= 15 is 0 Å². The van der Waals surface area contributed by atoms with Crippen molar-refractivity contribution < 1.29 is 9.50 Å². The Morgan fingerprint density at radius 2 is 2.21 bits per heavy atom. The molecule has 1 aromatic rings. The standard InChI is InChI=1S/C11H10ClFO/c1-8(14)3-2-4-9-5-10(12)7-11(13)6-9/h5-8,14H,3H2,1H3. The van der Waals surface area contributed by atoms with E-state index in [2.05, 4.69) is 11.8 Å². The normalized spacial score (nSPS) is 11.7. The Hall–Kier alpha value is -1.04. The number of rotatable bonds is 1. The highest BCUT2D eigenvalue weighted by atomic mass is 35.5. The van der Waals surface area contributed by atoms with E-state index in [1.165, 1.54) is 12.1 Å². The van der Waals surface area contributed by atoms with Crippen LogP contribution in [0.1, 0.15) is 18.9 Å². The van der Waals surface area contributed by atoms with Gasteiger partial charge in [0.1, 0.15) is 5.82 Å². The van der Waals surface area contributed by atoms with Crippen molar-refractivity contribution in [3.05, 3.63) is 34.6 Å². The van der Waals surface area contributed by atoms with Gasteiger partial charge in [-0.1, -0.05) is 23.4 Å². The molecule has 1 aromatic carbocycles. The van der Waals surface area contributed by atoms with Gasteiger partial charge in [-0.2, -0.15) is 0 Å². The first kappa shape index (κ1) is 11.0. The topological polar surface area (TPSA) is 20.2 Å². The summed E-state index contributed by atoms with van der Waals surface area (Å²) in [6.45, 7) is 1.65. The molecule has 0 aliphatic rings. The van der Waals surface area contributed by atoms with Crippen LogP contribution in [0, 0.1) is 17.7 Å². The Balaban J connectivity index is 2.79. The second kappa shape index (κ2) is 4.99. The van der Waals surface area contributed by atoms with Crippen LogP contribution in [0.4, 0.5) is 4.39 Å². The molecule has 1 nitrogen and oxygen atoms in total. The van der Waals surface area contributed by atoms with E-state index in [4.69, 9.17) is 16.7 Å². The maximum Gasteiger partial charge on any atom is 0.125 e. The SMILES string of the molecule is CC(O)CC#Cc1cc(F)cc(Cl)c1. The van der Waals surface area contributed by atoms with Gasteiger partial charge in [0.2, 0.25) is 0 Å². The molecule has 1 N–H and O–H groups in total. The molecule has 0 radical (unpaired) electrons. The predicted molar refractivity (Wildman–Crippen MR) is 54.6 cm³/mol. The highest BCUT2D eigenvalue weighted by Gasteiger charge is 1.96. The molecule has 74 valence electrons. The van der Waals surface area contributed by atoms with Crippen molar-refractivity contribution in [2.24, 2.45) is 0 Å². The molecule has 0 amide bonds. The second-order valence-electron chi connectivity index (χ2n) is 3.01. The fourth-order valence-corrected chi connectivity index (χ4v) is 1.15. The first-order valence-electron chi connectivity index (χ1n) is 4.21. The molecule has 0 aromatic heterocycles. The van der Waals surface area contributed by atoms with Crippen molar-refractivity contribution in [1.82, 2.24) is 0 Å². The number of hydrogen-bond donors (Lipinski definition) is 1. The van der Waals surface area contributed by atoms with E-state index in [0.29, 0.717) is 17.0 Å². The summed E-state index contributed by atoms with van der Waals surface area (Å²) in [6.07, 6.45) is -0.0970. The van der Waals surface area contributed by atoms with Crippen LogP contribution < -0.4 is 0 Å². The lowest BCUT2D eigenvalue weighted by molar-refractivity contribution is 0.201. The van der Waals surface area contributed by atoms with Crippen LogP contribution in [0.5, 0.6) is 0 Å². The van der Waals surface area contributed by atoms with Crippen LogP contribution in [-0.2, 0) is 0 Å². The van der Waals surface area contributed by atoms with Crippen molar-refractivity contribution in [3.63, 3.8) is 0 Å². The summed E-state index contributed by atoms with van der Waals surface area (Å²) in [4.78, 5) is 0. The first-order chi connectivity index (χ1) is 6.58. The molecule has 0 heterocycles. The van der Waals surface area contributed by atoms with Crippen molar-refractivity contribution in [2.45, 2.75) is 19.4 Å². The molecule has 0 aliphatic heterocycles. The molecule has 0 aliphatic carbocycles. The molecular formula is C11H10ClFO. The summed E-state index contributed by atoms with van der Waals surface area (Å²) in [6, 6.07) is 4.11. The molecule has 14 heavy (non-hydrogen) atoms. The Morgan fingerprint density at radius 1 is 1.50 bits per heavy atom. The molecule has 0 spiro atoms. The first-order valence-corrected chi connectivity index (χ1v) is 4.59. The van der Waals surface area contributed by atoms with Crippen LogP contribution in [-0.4, -0.2) is 11.2 Å². The van der Waals surface area contributed by atoms with Gasteiger partial charge in [-0.25, -0.2) is 4.39 Å². The predicted octanol–water partition coefficient (Wildman–Crippen LogP) is 2.60. The summed E-state index contributed by atoms with van der Waals surface area (Å²) >= 11 is 5.63. The number of aliphatic hydroxyl groups excluding tert-OH is 1. The largest absolute Gasteiger partial charge is 0.392 e. The third-order valence-corrected chi connectivity index (χ3v) is 1.71. The van der Waals surface area contributed by atoms with Crippen LogP contribution in [0.15, 0.2) is 18.2 Å². The summed E-state index contributed by atoms with van der Waals surface area (Å²) in [5, 5.41) is 9.26. The average molecular weight is 213 g/mol. The summed E-state index contributed by atoms with van der Waals surface area (Å²) in [5.74, 6) is 5.05. The summed E-state index contributed by atoms with van der Waals surface area (Å²) < 4.78 is 12.8. The van der Waals surface area contributed by atoms with Gasteiger partial charge >= 0.3 is 0 Å². The van der Waals surface area contributed by atoms with E-state index in [9.17, 15) is 4.39 Å². The zero-order valence-corrected chi connectivity index (χ0v) is 8.48. The van der Waals surface area contributed by atoms with E-state index in [0.717, 1.165) is 0 Å². The van der Waals surface area contributed by atoms with Gasteiger partial charge in [-0.05, 0) is 25.1 Å². The van der Waals surface area contributed by atoms with E-state index in [1.807, 2.05) is 0 Å². The van der Waals surface area contributed by atoms with Gasteiger partial charge in [0, 0.05) is 17.0 Å². The highest BCUT2D eigenvalue weighted by molar-refractivity contribution is 6.30. The van der Waals surface area contributed by atoms with Crippen molar-refractivity contribution in [2.75, 3.05) is 0 Å². The van der Waals surface area contributed by atoms with Gasteiger partial charge in [-0.15, -0.1) is 0 Å². The third kappa shape index (κ3) is 3.78. The van der Waals surface area contributed by atoms with Crippen LogP contribution in [0.3, 0.4) is 0 Å². The minimum atomic E-state index is -0.466. The Labute approximate surface area is 87.5 Å². The molecule has 0 fully saturated rings. The lowest BCUT2D eigenvalue weighted by atomic mass is 10.2. The van der Waals surface area contributed by atoms with Crippen molar-refractivity contribution >= 4 is 11.6 Å². The fraction of sp³-hybridized carbons (Fsp3) is 0.273. The zero-order valence-electron chi connectivity index (χ0n) is 7.72. The lowest BCUT2D eigenvalue weighted by Gasteiger charge is -1.95. The number of aliphatic hydroxyl groups is 1. The van der Waals surface area contributed by atoms with Crippen LogP contribution >= 0.6 is 11.6 Å². The smallest absolute Gasteiger partial charge is 0.125 e. The van der Waals surface area contributed by atoms with Crippen molar-refractivity contribution in [1.29, 1.82) is 0 Å². The van der Waals surface area contributed by atoms with Gasteiger partial charge in [-0.3, -0.25) is 0 Å². The van der Waals surface area contributed by atoms with Gasteiger partial charge in [0.15, 0.2) is 0 Å². The molecule has 0 bridgehead atoms. The minimum Gasteiger partial charge on any atom is -0.392 e. The zero-order chi connectivity index (χ0) is 10.6. The summed E-state index contributed by atoms with van der Waals surface area (Å²) in [5.41, 5.74) is 0.524. The minimum absolute atomic E-state index is 0.325. The number of halogens is 2. The third-order valence-electron chi connectivity index (χ3n) is 1.49. The molecular weight excluding hydrogens is 203 g/mol. The highest BCUT2D eigenvalue weighted by Crippen LogP contribution is 2.13. The molecule has 0 saturated carbocycles. The summed E-state index contributed by atoms with van der Waals surface area (Å²) in [7, 11) is 0. The average Bonchev–Trinajstić information content (AvgIpc) is 2.01. The molecule has 1 rings (SSSR count). The quantitative estimate of drug-likeness (QED) is 0.710. The number of benzene rings is 1. The molecule has 0 saturated heterocycles. The van der Waals surface area contributed by atoms with Crippen LogP contribution in [0.25, 0.3) is 0 Å². The Morgan fingerprint density at radius 3 is 2.79 bits per heavy atom. The van der Waals surface area contributed by atoms with E-state index in [-0.39, 0.29) is 0 Å². The van der Waals surface area contributed by atoms with Gasteiger partial charge in [0.05, 0.1) is 6.10 Å². The van der Waals surface area contributed by atoms with Gasteiger partial charge in [0.25, 0.3) is 0 Å². The van der Waals surface area contributed by atoms with Crippen molar-refractivity contribution in [3.8, 4) is 11.8 Å². The Bertz CT molecular complexity index is 356. The second-order valence-corrected chi connectivity index (χ2v) is 3.45. The fourth-order valence-electron chi connectivity index (χ4n) is 0.927. The van der Waals surface area contributed by atoms with E-state index < -0.39 is 11.9 Å². The molecule has 3 heteroatoms. The molecule has 1 unspecified atom stereocenters. The maximum atomic E-state index is 12.8. The molecule has 1 atom stereocenters. The van der Waals surface area contributed by atoms with E-state index in [1.54, 1.807) is 13.0 Å². The number of hydrogen-bond acceptors (Lipinski definition) is 1. The maximum absolute atomic E-state index is 12.8. The lowest BCUT2D eigenvalue weighted by Crippen LogP contribution is -1.95. The monoisotopic (exact) mass is 212 g/mol. The van der Waals surface area contributed by atoms with Gasteiger partial charge < -0.3 is 5.11 Å². The van der Waals surface area contributed by atoms with Crippen LogP contribution in [0.2, 0.25) is 5.02 Å².